The average molecular weight is 955 g/mol. The van der Waals surface area contributed by atoms with Crippen LogP contribution in [0.4, 0.5) is 17.1 Å². The minimum atomic E-state index is -0.454. The Morgan fingerprint density at radius 3 is 1.25 bits per heavy atom. The van der Waals surface area contributed by atoms with Gasteiger partial charge >= 0.3 is 0 Å². The molecule has 0 spiro atoms. The molecule has 0 amide bonds. The summed E-state index contributed by atoms with van der Waals surface area (Å²) in [6.45, 7) is 0. The van der Waals surface area contributed by atoms with Crippen molar-refractivity contribution in [3.8, 4) is 61.3 Å². The molecular formula is C73H50N2. The van der Waals surface area contributed by atoms with Crippen molar-refractivity contribution in [1.82, 2.24) is 4.57 Å². The van der Waals surface area contributed by atoms with Crippen LogP contribution in [0, 0.1) is 0 Å². The first kappa shape index (κ1) is 44.0. The van der Waals surface area contributed by atoms with Crippen molar-refractivity contribution in [3.63, 3.8) is 0 Å². The normalized spacial score (nSPS) is 12.4. The van der Waals surface area contributed by atoms with Gasteiger partial charge in [-0.15, -0.1) is 0 Å². The molecule has 1 aromatic heterocycles. The number of para-hydroxylation sites is 2. The zero-order valence-electron chi connectivity index (χ0n) is 41.3. The fourth-order valence-corrected chi connectivity index (χ4v) is 12.2. The van der Waals surface area contributed by atoms with E-state index in [-0.39, 0.29) is 0 Å². The maximum Gasteiger partial charge on any atom is 0.0713 e. The molecule has 1 aliphatic rings. The maximum atomic E-state index is 2.48. The highest BCUT2D eigenvalue weighted by atomic mass is 15.1. The van der Waals surface area contributed by atoms with Gasteiger partial charge in [0.2, 0.25) is 0 Å². The maximum absolute atomic E-state index is 2.48. The molecule has 0 atom stereocenters. The van der Waals surface area contributed by atoms with Crippen molar-refractivity contribution in [2.45, 2.75) is 5.41 Å². The monoisotopic (exact) mass is 954 g/mol. The summed E-state index contributed by atoms with van der Waals surface area (Å²) in [5, 5.41) is 2.47. The van der Waals surface area contributed by atoms with Gasteiger partial charge in [0, 0.05) is 33.5 Å². The predicted octanol–water partition coefficient (Wildman–Crippen LogP) is 19.3. The average Bonchev–Trinajstić information content (AvgIpc) is 4.04. The Hall–Kier alpha value is -9.76. The van der Waals surface area contributed by atoms with Crippen LogP contribution in [0.2, 0.25) is 0 Å². The lowest BCUT2D eigenvalue weighted by Gasteiger charge is -2.33. The number of fused-ring (bicyclic) bond motifs is 6. The molecule has 2 nitrogen and oxygen atoms in total. The number of benzene rings is 12. The second-order valence-corrected chi connectivity index (χ2v) is 19.6. The van der Waals surface area contributed by atoms with Crippen LogP contribution in [0.25, 0.3) is 83.1 Å². The van der Waals surface area contributed by atoms with E-state index in [1.54, 1.807) is 0 Å². The van der Waals surface area contributed by atoms with E-state index in [1.807, 2.05) is 0 Å². The van der Waals surface area contributed by atoms with Crippen LogP contribution < -0.4 is 4.90 Å². The van der Waals surface area contributed by atoms with E-state index in [0.717, 1.165) is 28.3 Å². The Bertz CT molecular complexity index is 4160. The molecule has 0 N–H and O–H groups in total. The molecule has 75 heavy (non-hydrogen) atoms. The number of anilines is 3. The summed E-state index contributed by atoms with van der Waals surface area (Å²) in [6, 6.07) is 111. The first-order valence-electron chi connectivity index (χ1n) is 25.9. The van der Waals surface area contributed by atoms with E-state index in [2.05, 4.69) is 313 Å². The molecule has 1 heterocycles. The highest BCUT2D eigenvalue weighted by Gasteiger charge is 2.46. The van der Waals surface area contributed by atoms with Gasteiger partial charge in [0.15, 0.2) is 0 Å². The molecule has 352 valence electrons. The Labute approximate surface area is 438 Å². The van der Waals surface area contributed by atoms with E-state index < -0.39 is 5.41 Å². The summed E-state index contributed by atoms with van der Waals surface area (Å²) in [5.74, 6) is 0. The van der Waals surface area contributed by atoms with E-state index in [1.165, 1.54) is 94.1 Å². The second kappa shape index (κ2) is 18.4. The summed E-state index contributed by atoms with van der Waals surface area (Å²) >= 11 is 0. The van der Waals surface area contributed by atoms with E-state index in [9.17, 15) is 0 Å². The molecule has 1 aliphatic carbocycles. The van der Waals surface area contributed by atoms with Gasteiger partial charge in [-0.2, -0.15) is 0 Å². The van der Waals surface area contributed by atoms with Gasteiger partial charge in [0.25, 0.3) is 0 Å². The van der Waals surface area contributed by atoms with Gasteiger partial charge in [-0.25, -0.2) is 0 Å². The third kappa shape index (κ3) is 7.33. The quantitative estimate of drug-likeness (QED) is 0.133. The number of aromatic nitrogens is 1. The number of rotatable bonds is 10. The van der Waals surface area contributed by atoms with E-state index >= 15 is 0 Å². The van der Waals surface area contributed by atoms with Crippen molar-refractivity contribution in [2.75, 3.05) is 4.90 Å². The van der Waals surface area contributed by atoms with Gasteiger partial charge in [0.05, 0.1) is 16.4 Å². The van der Waals surface area contributed by atoms with Crippen LogP contribution in [0.3, 0.4) is 0 Å². The smallest absolute Gasteiger partial charge is 0.0713 e. The molecule has 0 unspecified atom stereocenters. The highest BCUT2D eigenvalue weighted by Crippen LogP contribution is 2.56. The van der Waals surface area contributed by atoms with Crippen LogP contribution in [0.1, 0.15) is 22.3 Å². The minimum Gasteiger partial charge on any atom is -0.311 e. The molecule has 0 fully saturated rings. The van der Waals surface area contributed by atoms with Crippen molar-refractivity contribution in [3.05, 3.63) is 326 Å². The highest BCUT2D eigenvalue weighted by molar-refractivity contribution is 6.10. The molecule has 13 aromatic rings. The summed E-state index contributed by atoms with van der Waals surface area (Å²) in [5.41, 5.74) is 23.6. The molecule has 0 bridgehead atoms. The van der Waals surface area contributed by atoms with E-state index in [4.69, 9.17) is 0 Å². The molecule has 0 saturated carbocycles. The Morgan fingerprint density at radius 1 is 0.253 bits per heavy atom. The van der Waals surface area contributed by atoms with Crippen LogP contribution in [-0.2, 0) is 5.41 Å². The largest absolute Gasteiger partial charge is 0.311 e. The molecule has 14 rings (SSSR count). The van der Waals surface area contributed by atoms with Crippen LogP contribution >= 0.6 is 0 Å². The summed E-state index contributed by atoms with van der Waals surface area (Å²) < 4.78 is 2.48. The molecule has 2 heteroatoms. The first-order valence-corrected chi connectivity index (χ1v) is 25.9. The number of nitrogens with zero attached hydrogens (tertiary/aromatic N) is 2. The fourth-order valence-electron chi connectivity index (χ4n) is 12.2. The van der Waals surface area contributed by atoms with Crippen molar-refractivity contribution in [1.29, 1.82) is 0 Å². The van der Waals surface area contributed by atoms with Crippen LogP contribution in [0.5, 0.6) is 0 Å². The molecule has 12 aromatic carbocycles. The summed E-state index contributed by atoms with van der Waals surface area (Å²) in [6.07, 6.45) is 0. The zero-order chi connectivity index (χ0) is 49.7. The third-order valence-corrected chi connectivity index (χ3v) is 15.5. The SMILES string of the molecule is c1ccc(-c2ccccc2-c2ccc(N(c3ccccc3)c3ccc(-c4ccccc4-c4ccc5c6ccccc6n(-c6ccc7c(c6)-c6ccccc6C7(c6ccccc6)c6ccccc6)c5c4)cc3)cc2)cc1. The summed E-state index contributed by atoms with van der Waals surface area (Å²) in [7, 11) is 0. The lowest BCUT2D eigenvalue weighted by atomic mass is 9.68. The first-order chi connectivity index (χ1) is 37.2. The minimum absolute atomic E-state index is 0.454. The van der Waals surface area contributed by atoms with Crippen molar-refractivity contribution in [2.24, 2.45) is 0 Å². The zero-order valence-corrected chi connectivity index (χ0v) is 41.3. The van der Waals surface area contributed by atoms with Gasteiger partial charge < -0.3 is 9.47 Å². The summed E-state index contributed by atoms with van der Waals surface area (Å²) in [4.78, 5) is 2.34. The standard InChI is InChI=1S/C73H50N2/c1-5-21-51(22-6-1)61-29-13-14-30-62(61)52-37-42-58(43-38-52)74(57-27-11-4-12-28-57)59-44-39-53(40-45-59)63-31-15-16-32-64(63)54-41-47-67-66-34-18-20-36-71(66)75(72(67)49-54)60-46-48-70-68(50-60)65-33-17-19-35-69(65)73(70,55-23-7-2-8-24-55)56-25-9-3-10-26-56/h1-50H. The fraction of sp³-hybridized carbons (Fsp3) is 0.0137. The Morgan fingerprint density at radius 2 is 0.667 bits per heavy atom. The Balaban J connectivity index is 0.850. The topological polar surface area (TPSA) is 8.17 Å². The van der Waals surface area contributed by atoms with Crippen molar-refractivity contribution >= 4 is 38.9 Å². The lowest BCUT2D eigenvalue weighted by Crippen LogP contribution is -2.28. The number of hydrogen-bond acceptors (Lipinski definition) is 1. The van der Waals surface area contributed by atoms with Gasteiger partial charge in [-0.05, 0) is 139 Å². The van der Waals surface area contributed by atoms with Gasteiger partial charge in [-0.1, -0.05) is 243 Å². The van der Waals surface area contributed by atoms with Gasteiger partial charge in [-0.3, -0.25) is 0 Å². The molecule has 0 saturated heterocycles. The molecule has 0 radical (unpaired) electrons. The molecular weight excluding hydrogens is 905 g/mol. The number of hydrogen-bond donors (Lipinski definition) is 0. The van der Waals surface area contributed by atoms with Crippen molar-refractivity contribution < 1.29 is 0 Å². The second-order valence-electron chi connectivity index (χ2n) is 19.6. The van der Waals surface area contributed by atoms with E-state index in [0.29, 0.717) is 0 Å². The third-order valence-electron chi connectivity index (χ3n) is 15.5. The van der Waals surface area contributed by atoms with Crippen LogP contribution in [-0.4, -0.2) is 4.57 Å². The van der Waals surface area contributed by atoms with Gasteiger partial charge in [0.1, 0.15) is 0 Å². The predicted molar refractivity (Wildman–Crippen MR) is 315 cm³/mol. The lowest BCUT2D eigenvalue weighted by molar-refractivity contribution is 0.768. The van der Waals surface area contributed by atoms with Crippen LogP contribution in [0.15, 0.2) is 303 Å². The Kier molecular flexibility index (Phi) is 10.8. The molecule has 0 aliphatic heterocycles.